The first-order valence-electron chi connectivity index (χ1n) is 12.2. The Hall–Kier alpha value is -2.87. The summed E-state index contributed by atoms with van der Waals surface area (Å²) in [5.74, 6) is 3.25. The molecule has 2 heterocycles. The number of nitrogens with one attached hydrogen (secondary N) is 1. The van der Waals surface area contributed by atoms with Crippen LogP contribution >= 0.6 is 34.7 Å². The van der Waals surface area contributed by atoms with E-state index >= 15 is 0 Å². The van der Waals surface area contributed by atoms with Gasteiger partial charge in [0.25, 0.3) is 0 Å². The van der Waals surface area contributed by atoms with E-state index in [9.17, 15) is 0 Å². The van der Waals surface area contributed by atoms with Crippen molar-refractivity contribution in [2.24, 2.45) is 17.2 Å². The third kappa shape index (κ3) is 13.2. The van der Waals surface area contributed by atoms with E-state index in [1.165, 1.54) is 23.1 Å². The van der Waals surface area contributed by atoms with E-state index < -0.39 is 0 Å². The Morgan fingerprint density at radius 3 is 1.79 bits per heavy atom. The number of nitrogens with two attached hydrogens (primary N) is 3. The Morgan fingerprint density at radius 2 is 1.36 bits per heavy atom. The molecular formula is C26H37ClN8O2S2. The normalized spacial score (nSPS) is 11.8. The van der Waals surface area contributed by atoms with Crippen LogP contribution in [-0.2, 0) is 12.8 Å². The van der Waals surface area contributed by atoms with Crippen LogP contribution < -0.4 is 32.0 Å². The maximum Gasteiger partial charge on any atom is 0.203 e. The molecule has 39 heavy (non-hydrogen) atoms. The highest BCUT2D eigenvalue weighted by atomic mass is 35.5. The van der Waals surface area contributed by atoms with E-state index in [0.717, 1.165) is 39.4 Å². The standard InChI is InChI=1S/C13H18N4OS.C10H9ClN2OS.C3H10N2/c1-9(14)8-15-13-16-12(17-19-13)7-10-4-3-5-11(6-10)18-2;1-14-8-4-2-3-7(5-8)6-9-12-10(11)15-13-9;1-3(5)2-4/h3-6,9H,7-8,14H2,1-2H3,(H,15,16,17);2-5H,6H2,1H3;3H,2,4-5H2,1H3. The summed E-state index contributed by atoms with van der Waals surface area (Å²) in [7, 11) is 3.31. The molecule has 0 spiro atoms. The molecule has 0 fully saturated rings. The molecule has 4 aromatic rings. The minimum absolute atomic E-state index is 0.103. The van der Waals surface area contributed by atoms with Gasteiger partial charge in [-0.05, 0) is 72.4 Å². The molecule has 0 aliphatic carbocycles. The topological polar surface area (TPSA) is 160 Å². The number of halogens is 1. The average Bonchev–Trinajstić information content (AvgIpc) is 3.56. The molecule has 2 atom stereocenters. The predicted molar refractivity (Wildman–Crippen MR) is 161 cm³/mol. The van der Waals surface area contributed by atoms with Crippen molar-refractivity contribution in [1.82, 2.24) is 18.7 Å². The molecule has 0 saturated heterocycles. The van der Waals surface area contributed by atoms with Crippen molar-refractivity contribution < 1.29 is 9.47 Å². The molecule has 2 aromatic heterocycles. The van der Waals surface area contributed by atoms with Crippen molar-refractivity contribution in [3.8, 4) is 11.5 Å². The Labute approximate surface area is 243 Å². The summed E-state index contributed by atoms with van der Waals surface area (Å²) >= 11 is 8.27. The van der Waals surface area contributed by atoms with Gasteiger partial charge in [-0.2, -0.15) is 8.75 Å². The largest absolute Gasteiger partial charge is 0.497 e. The molecule has 13 heteroatoms. The molecule has 0 saturated carbocycles. The monoisotopic (exact) mass is 592 g/mol. The molecule has 2 aromatic carbocycles. The third-order valence-electron chi connectivity index (χ3n) is 4.85. The zero-order valence-corrected chi connectivity index (χ0v) is 25.0. The maximum atomic E-state index is 5.71. The number of rotatable bonds is 10. The van der Waals surface area contributed by atoms with Crippen molar-refractivity contribution in [3.05, 3.63) is 75.8 Å². The second-order valence-corrected chi connectivity index (χ2v) is 10.7. The van der Waals surface area contributed by atoms with Gasteiger partial charge in [0.05, 0.1) is 14.2 Å². The van der Waals surface area contributed by atoms with Gasteiger partial charge < -0.3 is 32.0 Å². The van der Waals surface area contributed by atoms with Crippen LogP contribution in [0.1, 0.15) is 36.6 Å². The quantitative estimate of drug-likeness (QED) is 0.212. The lowest BCUT2D eigenvalue weighted by atomic mass is 10.1. The molecule has 4 rings (SSSR count). The van der Waals surface area contributed by atoms with E-state index in [1.807, 2.05) is 62.4 Å². The summed E-state index contributed by atoms with van der Waals surface area (Å²) in [6.07, 6.45) is 1.38. The average molecular weight is 593 g/mol. The first kappa shape index (κ1) is 32.3. The van der Waals surface area contributed by atoms with Crippen molar-refractivity contribution >= 4 is 39.8 Å². The molecule has 2 unspecified atom stereocenters. The van der Waals surface area contributed by atoms with Gasteiger partial charge in [0.2, 0.25) is 9.60 Å². The lowest BCUT2D eigenvalue weighted by Gasteiger charge is -2.04. The van der Waals surface area contributed by atoms with Gasteiger partial charge >= 0.3 is 0 Å². The summed E-state index contributed by atoms with van der Waals surface area (Å²) in [6, 6.07) is 16.0. The molecule has 0 bridgehead atoms. The lowest BCUT2D eigenvalue weighted by Crippen LogP contribution is -2.25. The van der Waals surface area contributed by atoms with Crippen LogP contribution in [0.3, 0.4) is 0 Å². The van der Waals surface area contributed by atoms with Crippen LogP contribution in [0, 0.1) is 0 Å². The maximum absolute atomic E-state index is 5.71. The van der Waals surface area contributed by atoms with E-state index in [-0.39, 0.29) is 12.1 Å². The number of benzene rings is 2. The van der Waals surface area contributed by atoms with Gasteiger partial charge in [0.15, 0.2) is 0 Å². The second-order valence-electron chi connectivity index (χ2n) is 8.61. The van der Waals surface area contributed by atoms with Gasteiger partial charge in [-0.1, -0.05) is 24.3 Å². The number of nitrogens with zero attached hydrogens (tertiary/aromatic N) is 4. The SMILES string of the molecule is CC(N)CN.COc1cccc(Cc2nsc(Cl)n2)c1.COc1cccc(Cc2nsc(NCC(C)N)n2)c1. The molecule has 0 aliphatic rings. The number of ether oxygens (including phenoxy) is 2. The van der Waals surface area contributed by atoms with Gasteiger partial charge in [-0.15, -0.1) is 0 Å². The van der Waals surface area contributed by atoms with E-state index in [4.69, 9.17) is 38.3 Å². The van der Waals surface area contributed by atoms with E-state index in [0.29, 0.717) is 30.4 Å². The van der Waals surface area contributed by atoms with Gasteiger partial charge in [-0.3, -0.25) is 0 Å². The Bertz CT molecular complexity index is 1240. The number of anilines is 1. The fourth-order valence-corrected chi connectivity index (χ4v) is 4.10. The molecule has 7 N–H and O–H groups in total. The van der Waals surface area contributed by atoms with Gasteiger partial charge in [-0.25, -0.2) is 9.97 Å². The van der Waals surface area contributed by atoms with Crippen molar-refractivity contribution in [2.75, 3.05) is 32.6 Å². The number of methoxy groups -OCH3 is 2. The predicted octanol–water partition coefficient (Wildman–Crippen LogP) is 3.98. The molecule has 212 valence electrons. The molecule has 0 aliphatic heterocycles. The Balaban J connectivity index is 0.000000238. The van der Waals surface area contributed by atoms with Crippen LogP contribution in [0.15, 0.2) is 48.5 Å². The molecule has 10 nitrogen and oxygen atoms in total. The second kappa shape index (κ2) is 17.7. The van der Waals surface area contributed by atoms with Crippen LogP contribution in [0.2, 0.25) is 4.47 Å². The highest BCUT2D eigenvalue weighted by Crippen LogP contribution is 2.18. The number of hydrogen-bond acceptors (Lipinski definition) is 12. The Kier molecular flexibility index (Phi) is 14.6. The number of hydrogen-bond donors (Lipinski definition) is 4. The first-order chi connectivity index (χ1) is 18.7. The number of aromatic nitrogens is 4. The molecule has 0 amide bonds. The fourth-order valence-electron chi connectivity index (χ4n) is 2.88. The van der Waals surface area contributed by atoms with Crippen molar-refractivity contribution in [3.63, 3.8) is 0 Å². The van der Waals surface area contributed by atoms with E-state index in [1.54, 1.807) is 14.2 Å². The third-order valence-corrected chi connectivity index (χ3v) is 6.40. The molecular weight excluding hydrogens is 556 g/mol. The summed E-state index contributed by atoms with van der Waals surface area (Å²) in [4.78, 5) is 8.53. The van der Waals surface area contributed by atoms with Crippen LogP contribution in [0.4, 0.5) is 5.13 Å². The highest BCUT2D eigenvalue weighted by Gasteiger charge is 2.06. The zero-order chi connectivity index (χ0) is 28.6. The summed E-state index contributed by atoms with van der Waals surface area (Å²) < 4.78 is 19.3. The fraction of sp³-hybridized carbons (Fsp3) is 0.385. The van der Waals surface area contributed by atoms with Crippen molar-refractivity contribution in [1.29, 1.82) is 0 Å². The Morgan fingerprint density at radius 1 is 0.846 bits per heavy atom. The minimum Gasteiger partial charge on any atom is -0.497 e. The van der Waals surface area contributed by atoms with Gasteiger partial charge in [0, 0.05) is 49.5 Å². The van der Waals surface area contributed by atoms with Crippen LogP contribution in [0.25, 0.3) is 0 Å². The van der Waals surface area contributed by atoms with Crippen LogP contribution in [-0.4, -0.2) is 58.1 Å². The van der Waals surface area contributed by atoms with Crippen molar-refractivity contribution in [2.45, 2.75) is 38.8 Å². The summed E-state index contributed by atoms with van der Waals surface area (Å²) in [5, 5.41) is 3.98. The minimum atomic E-state index is 0.103. The highest BCUT2D eigenvalue weighted by molar-refractivity contribution is 7.10. The van der Waals surface area contributed by atoms with E-state index in [2.05, 4.69) is 24.0 Å². The smallest absolute Gasteiger partial charge is 0.203 e. The summed E-state index contributed by atoms with van der Waals surface area (Å²) in [5.41, 5.74) is 18.1. The van der Waals surface area contributed by atoms with Gasteiger partial charge in [0.1, 0.15) is 23.1 Å². The lowest BCUT2D eigenvalue weighted by molar-refractivity contribution is 0.414. The van der Waals surface area contributed by atoms with Crippen LogP contribution in [0.5, 0.6) is 11.5 Å². The molecule has 0 radical (unpaired) electrons. The first-order valence-corrected chi connectivity index (χ1v) is 14.2. The summed E-state index contributed by atoms with van der Waals surface area (Å²) in [6.45, 7) is 5.11. The zero-order valence-electron chi connectivity index (χ0n) is 22.6.